The summed E-state index contributed by atoms with van der Waals surface area (Å²) in [7, 11) is 0. The number of para-hydroxylation sites is 1. The van der Waals surface area contributed by atoms with Gasteiger partial charge in [0.2, 0.25) is 0 Å². The van der Waals surface area contributed by atoms with E-state index in [4.69, 9.17) is 11.6 Å². The van der Waals surface area contributed by atoms with Gasteiger partial charge in [-0.05, 0) is 29.9 Å². The maximum atomic E-state index is 6.49. The zero-order valence-corrected chi connectivity index (χ0v) is 13.9. The molecule has 1 aliphatic rings. The molecular formula is C17H27ClN2. The van der Waals surface area contributed by atoms with Crippen molar-refractivity contribution in [2.24, 2.45) is 11.8 Å². The van der Waals surface area contributed by atoms with Crippen LogP contribution < -0.4 is 10.2 Å². The summed E-state index contributed by atoms with van der Waals surface area (Å²) in [5, 5.41) is 4.39. The van der Waals surface area contributed by atoms with Crippen molar-refractivity contribution in [3.8, 4) is 0 Å². The van der Waals surface area contributed by atoms with Crippen LogP contribution in [0.5, 0.6) is 0 Å². The van der Waals surface area contributed by atoms with E-state index in [1.165, 1.54) is 17.7 Å². The van der Waals surface area contributed by atoms with Crippen LogP contribution in [0.4, 0.5) is 5.69 Å². The van der Waals surface area contributed by atoms with Gasteiger partial charge in [0.25, 0.3) is 0 Å². The molecule has 2 rings (SSSR count). The molecule has 1 heterocycles. The van der Waals surface area contributed by atoms with Crippen molar-refractivity contribution in [2.75, 3.05) is 18.0 Å². The number of anilines is 1. The van der Waals surface area contributed by atoms with Gasteiger partial charge < -0.3 is 10.2 Å². The lowest BCUT2D eigenvalue weighted by molar-refractivity contribution is 0.323. The van der Waals surface area contributed by atoms with E-state index in [1.807, 2.05) is 6.07 Å². The van der Waals surface area contributed by atoms with Gasteiger partial charge in [-0.3, -0.25) is 0 Å². The van der Waals surface area contributed by atoms with Crippen LogP contribution in [-0.4, -0.2) is 19.1 Å². The summed E-state index contributed by atoms with van der Waals surface area (Å²) in [5.74, 6) is 1.54. The molecule has 2 unspecified atom stereocenters. The summed E-state index contributed by atoms with van der Waals surface area (Å²) in [6.07, 6.45) is 1.25. The first-order valence-corrected chi connectivity index (χ1v) is 8.12. The number of hydrogen-bond donors (Lipinski definition) is 1. The van der Waals surface area contributed by atoms with Crippen LogP contribution in [0.1, 0.15) is 39.7 Å². The predicted octanol–water partition coefficient (Wildman–Crippen LogP) is 4.32. The van der Waals surface area contributed by atoms with E-state index in [0.717, 1.165) is 36.5 Å². The molecule has 0 bridgehead atoms. The van der Waals surface area contributed by atoms with Gasteiger partial charge in [-0.1, -0.05) is 51.4 Å². The van der Waals surface area contributed by atoms with Gasteiger partial charge >= 0.3 is 0 Å². The summed E-state index contributed by atoms with van der Waals surface area (Å²) in [6.45, 7) is 12.2. The number of halogens is 1. The summed E-state index contributed by atoms with van der Waals surface area (Å²) in [5.41, 5.74) is 2.55. The highest BCUT2D eigenvalue weighted by Crippen LogP contribution is 2.34. The van der Waals surface area contributed by atoms with Crippen LogP contribution in [0.3, 0.4) is 0 Å². The first-order chi connectivity index (χ1) is 9.49. The van der Waals surface area contributed by atoms with Crippen molar-refractivity contribution in [3.05, 3.63) is 28.8 Å². The SMILES string of the molecule is CC(C)NCc1cccc(Cl)c1N1CCC(C)C(C)C1. The predicted molar refractivity (Wildman–Crippen MR) is 88.6 cm³/mol. The second-order valence-electron chi connectivity index (χ2n) is 6.47. The highest BCUT2D eigenvalue weighted by molar-refractivity contribution is 6.33. The Bertz CT molecular complexity index is 445. The van der Waals surface area contributed by atoms with Crippen molar-refractivity contribution < 1.29 is 0 Å². The second kappa shape index (κ2) is 6.82. The van der Waals surface area contributed by atoms with E-state index >= 15 is 0 Å². The van der Waals surface area contributed by atoms with Gasteiger partial charge in [-0.15, -0.1) is 0 Å². The number of piperidine rings is 1. The number of rotatable bonds is 4. The van der Waals surface area contributed by atoms with Gasteiger partial charge in [-0.2, -0.15) is 0 Å². The van der Waals surface area contributed by atoms with E-state index < -0.39 is 0 Å². The lowest BCUT2D eigenvalue weighted by Gasteiger charge is -2.38. The van der Waals surface area contributed by atoms with Gasteiger partial charge in [0.05, 0.1) is 10.7 Å². The quantitative estimate of drug-likeness (QED) is 0.889. The average molecular weight is 295 g/mol. The van der Waals surface area contributed by atoms with Gasteiger partial charge in [-0.25, -0.2) is 0 Å². The third kappa shape index (κ3) is 3.67. The number of nitrogens with zero attached hydrogens (tertiary/aromatic N) is 1. The van der Waals surface area contributed by atoms with Crippen molar-refractivity contribution in [3.63, 3.8) is 0 Å². The Morgan fingerprint density at radius 2 is 2.05 bits per heavy atom. The molecule has 1 N–H and O–H groups in total. The van der Waals surface area contributed by atoms with Crippen molar-refractivity contribution >= 4 is 17.3 Å². The summed E-state index contributed by atoms with van der Waals surface area (Å²) in [4.78, 5) is 2.48. The van der Waals surface area contributed by atoms with E-state index in [-0.39, 0.29) is 0 Å². The summed E-state index contributed by atoms with van der Waals surface area (Å²) < 4.78 is 0. The molecule has 2 atom stereocenters. The van der Waals surface area contributed by atoms with Crippen LogP contribution in [-0.2, 0) is 6.54 Å². The molecule has 0 amide bonds. The number of hydrogen-bond acceptors (Lipinski definition) is 2. The van der Waals surface area contributed by atoms with Crippen LogP contribution in [0.2, 0.25) is 5.02 Å². The van der Waals surface area contributed by atoms with Gasteiger partial charge in [0.1, 0.15) is 0 Å². The monoisotopic (exact) mass is 294 g/mol. The highest BCUT2D eigenvalue weighted by Gasteiger charge is 2.25. The Kier molecular flexibility index (Phi) is 5.34. The Labute approximate surface area is 128 Å². The lowest BCUT2D eigenvalue weighted by Crippen LogP contribution is -2.39. The fourth-order valence-corrected chi connectivity index (χ4v) is 3.15. The fourth-order valence-electron chi connectivity index (χ4n) is 2.84. The second-order valence-corrected chi connectivity index (χ2v) is 6.88. The smallest absolute Gasteiger partial charge is 0.0642 e. The molecule has 2 nitrogen and oxygen atoms in total. The standard InChI is InChI=1S/C17H27ClN2/c1-12(2)19-10-15-6-5-7-16(18)17(15)20-9-8-13(3)14(4)11-20/h5-7,12-14,19H,8-11H2,1-4H3. The molecular weight excluding hydrogens is 268 g/mol. The van der Waals surface area contributed by atoms with E-state index in [0.29, 0.717) is 6.04 Å². The van der Waals surface area contributed by atoms with Crippen molar-refractivity contribution in [1.29, 1.82) is 0 Å². The molecule has 3 heteroatoms. The van der Waals surface area contributed by atoms with Crippen LogP contribution in [0.15, 0.2) is 18.2 Å². The minimum atomic E-state index is 0.488. The van der Waals surface area contributed by atoms with E-state index in [1.54, 1.807) is 0 Å². The highest BCUT2D eigenvalue weighted by atomic mass is 35.5. The largest absolute Gasteiger partial charge is 0.370 e. The third-order valence-electron chi connectivity index (χ3n) is 4.42. The first kappa shape index (κ1) is 15.7. The molecule has 1 saturated heterocycles. The van der Waals surface area contributed by atoms with Crippen LogP contribution >= 0.6 is 11.6 Å². The van der Waals surface area contributed by atoms with Crippen molar-refractivity contribution in [1.82, 2.24) is 5.32 Å². The topological polar surface area (TPSA) is 15.3 Å². The van der Waals surface area contributed by atoms with Gasteiger partial charge in [0.15, 0.2) is 0 Å². The summed E-state index contributed by atoms with van der Waals surface area (Å²) in [6, 6.07) is 6.75. The molecule has 0 saturated carbocycles. The molecule has 112 valence electrons. The summed E-state index contributed by atoms with van der Waals surface area (Å²) >= 11 is 6.49. The minimum Gasteiger partial charge on any atom is -0.370 e. The molecule has 0 aromatic heterocycles. The maximum Gasteiger partial charge on any atom is 0.0642 e. The molecule has 1 aromatic rings. The third-order valence-corrected chi connectivity index (χ3v) is 4.73. The Hall–Kier alpha value is -0.730. The molecule has 0 spiro atoms. The van der Waals surface area contributed by atoms with Crippen LogP contribution in [0.25, 0.3) is 0 Å². The molecule has 1 aromatic carbocycles. The number of nitrogens with one attached hydrogen (secondary N) is 1. The molecule has 1 fully saturated rings. The number of benzene rings is 1. The van der Waals surface area contributed by atoms with Crippen molar-refractivity contribution in [2.45, 2.75) is 46.7 Å². The minimum absolute atomic E-state index is 0.488. The van der Waals surface area contributed by atoms with Crippen LogP contribution in [0, 0.1) is 11.8 Å². The Morgan fingerprint density at radius 1 is 1.30 bits per heavy atom. The van der Waals surface area contributed by atoms with Gasteiger partial charge in [0, 0.05) is 25.7 Å². The normalized spacial score (nSPS) is 23.4. The lowest BCUT2D eigenvalue weighted by atomic mass is 9.88. The molecule has 0 aliphatic carbocycles. The fraction of sp³-hybridized carbons (Fsp3) is 0.647. The first-order valence-electron chi connectivity index (χ1n) is 7.74. The zero-order valence-electron chi connectivity index (χ0n) is 13.1. The maximum absolute atomic E-state index is 6.49. The average Bonchev–Trinajstić information content (AvgIpc) is 2.40. The molecule has 0 radical (unpaired) electrons. The van der Waals surface area contributed by atoms with E-state index in [9.17, 15) is 0 Å². The zero-order chi connectivity index (χ0) is 14.7. The molecule has 20 heavy (non-hydrogen) atoms. The van der Waals surface area contributed by atoms with E-state index in [2.05, 4.69) is 50.0 Å². The Balaban J connectivity index is 2.21. The molecule has 1 aliphatic heterocycles. The Morgan fingerprint density at radius 3 is 2.70 bits per heavy atom.